The van der Waals surface area contributed by atoms with E-state index in [1.807, 2.05) is 30.3 Å². The number of hydrogen-bond donors (Lipinski definition) is 1. The highest BCUT2D eigenvalue weighted by atomic mass is 32.2. The maximum Gasteiger partial charge on any atom is 0.239 e. The minimum atomic E-state index is -3.90. The van der Waals surface area contributed by atoms with Crippen LogP contribution in [0.25, 0.3) is 0 Å². The lowest BCUT2D eigenvalue weighted by molar-refractivity contribution is -0.122. The number of ether oxygens (including phenoxy) is 1. The van der Waals surface area contributed by atoms with Gasteiger partial charge in [0.15, 0.2) is 0 Å². The summed E-state index contributed by atoms with van der Waals surface area (Å²) in [7, 11) is -3.90. The van der Waals surface area contributed by atoms with Crippen molar-refractivity contribution in [3.05, 3.63) is 70.8 Å². The fourth-order valence-electron chi connectivity index (χ4n) is 3.03. The number of rotatable bonds is 5. The largest absolute Gasteiger partial charge is 0.373 e. The Balaban J connectivity index is 1.67. The lowest BCUT2D eigenvalue weighted by Crippen LogP contribution is -2.33. The molecule has 0 saturated carbocycles. The Morgan fingerprint density at radius 1 is 1.19 bits per heavy atom. The van der Waals surface area contributed by atoms with Gasteiger partial charge in [-0.05, 0) is 29.2 Å². The molecule has 0 saturated heterocycles. The lowest BCUT2D eigenvalue weighted by atomic mass is 9.96. The zero-order valence-corrected chi connectivity index (χ0v) is 14.8. The van der Waals surface area contributed by atoms with E-state index in [9.17, 15) is 13.2 Å². The van der Waals surface area contributed by atoms with E-state index in [-0.39, 0.29) is 12.0 Å². The summed E-state index contributed by atoms with van der Waals surface area (Å²) in [6.07, 6.45) is 0.245. The smallest absolute Gasteiger partial charge is 0.239 e. The van der Waals surface area contributed by atoms with Crippen LogP contribution in [0.2, 0.25) is 0 Å². The van der Waals surface area contributed by atoms with Crippen molar-refractivity contribution in [1.82, 2.24) is 4.72 Å². The minimum absolute atomic E-state index is 0.0733. The summed E-state index contributed by atoms with van der Waals surface area (Å²) < 4.78 is 32.3. The van der Waals surface area contributed by atoms with Gasteiger partial charge in [-0.15, -0.1) is 0 Å². The molecule has 6 nitrogen and oxygen atoms in total. The summed E-state index contributed by atoms with van der Waals surface area (Å²) in [5, 5.41) is 9.06. The van der Waals surface area contributed by atoms with Gasteiger partial charge in [0, 0.05) is 0 Å². The number of nitrogens with one attached hydrogen (secondary N) is 1. The molecule has 0 spiro atoms. The molecule has 7 heteroatoms. The molecule has 0 radical (unpaired) electrons. The van der Waals surface area contributed by atoms with Crippen LogP contribution in [0.1, 0.15) is 34.8 Å². The van der Waals surface area contributed by atoms with Crippen LogP contribution in [0.3, 0.4) is 0 Å². The summed E-state index contributed by atoms with van der Waals surface area (Å²) in [5.41, 5.74) is 2.66. The molecule has 0 bridgehead atoms. The van der Waals surface area contributed by atoms with Crippen molar-refractivity contribution in [2.45, 2.75) is 24.7 Å². The molecule has 3 rings (SSSR count). The second-order valence-electron chi connectivity index (χ2n) is 6.07. The van der Waals surface area contributed by atoms with Crippen molar-refractivity contribution in [1.29, 1.82) is 5.26 Å². The van der Waals surface area contributed by atoms with Crippen molar-refractivity contribution in [2.75, 3.05) is 6.61 Å². The van der Waals surface area contributed by atoms with Gasteiger partial charge in [0.1, 0.15) is 0 Å². The maximum atomic E-state index is 12.3. The summed E-state index contributed by atoms with van der Waals surface area (Å²) in [4.78, 5) is 12.2. The predicted molar refractivity (Wildman–Crippen MR) is 95.4 cm³/mol. The first-order valence-corrected chi connectivity index (χ1v) is 9.84. The first kappa shape index (κ1) is 18.1. The minimum Gasteiger partial charge on any atom is -0.373 e. The van der Waals surface area contributed by atoms with Gasteiger partial charge in [-0.2, -0.15) is 5.26 Å². The Hall–Kier alpha value is -2.69. The Morgan fingerprint density at radius 2 is 1.92 bits per heavy atom. The molecule has 2 aromatic carbocycles. The van der Waals surface area contributed by atoms with Crippen molar-refractivity contribution >= 4 is 15.9 Å². The van der Waals surface area contributed by atoms with Crippen LogP contribution < -0.4 is 4.72 Å². The normalized spacial score (nSPS) is 16.3. The van der Waals surface area contributed by atoms with Crippen molar-refractivity contribution < 1.29 is 17.9 Å². The van der Waals surface area contributed by atoms with E-state index in [4.69, 9.17) is 10.00 Å². The molecule has 1 heterocycles. The van der Waals surface area contributed by atoms with Crippen LogP contribution >= 0.6 is 0 Å². The maximum absolute atomic E-state index is 12.3. The van der Waals surface area contributed by atoms with Crippen LogP contribution in [0, 0.1) is 11.3 Å². The van der Waals surface area contributed by atoms with Crippen molar-refractivity contribution in [3.8, 4) is 6.07 Å². The summed E-state index contributed by atoms with van der Waals surface area (Å²) in [6, 6.07) is 16.0. The number of carbonyl (C=O) groups excluding carboxylic acids is 1. The summed E-state index contributed by atoms with van der Waals surface area (Å²) >= 11 is 0. The molecular weight excluding hydrogens is 352 g/mol. The zero-order valence-electron chi connectivity index (χ0n) is 14.0. The average Bonchev–Trinajstić information content (AvgIpc) is 2.61. The third kappa shape index (κ3) is 4.28. The lowest BCUT2D eigenvalue weighted by Gasteiger charge is -2.25. The number of hydrogen-bond acceptors (Lipinski definition) is 5. The second kappa shape index (κ2) is 7.68. The van der Waals surface area contributed by atoms with Crippen LogP contribution in [0.4, 0.5) is 0 Å². The number of benzene rings is 2. The standard InChI is InChI=1S/C19H18N2O4S/c20-12-15-6-1-2-7-16(15)13-26(23,24)21-19(22)11-18-17-8-4-3-5-14(17)9-10-25-18/h1-8,18H,9-11,13H2,(H,21,22)/t18-/m1/s1. The van der Waals surface area contributed by atoms with Gasteiger partial charge in [-0.25, -0.2) is 8.42 Å². The molecule has 26 heavy (non-hydrogen) atoms. The highest BCUT2D eigenvalue weighted by Crippen LogP contribution is 2.29. The predicted octanol–water partition coefficient (Wildman–Crippen LogP) is 2.21. The van der Waals surface area contributed by atoms with Gasteiger partial charge < -0.3 is 4.74 Å². The highest BCUT2D eigenvalue weighted by Gasteiger charge is 2.25. The number of amides is 1. The molecule has 1 atom stereocenters. The Kier molecular flexibility index (Phi) is 5.35. The van der Waals surface area contributed by atoms with E-state index in [0.29, 0.717) is 12.2 Å². The van der Waals surface area contributed by atoms with E-state index in [0.717, 1.165) is 17.5 Å². The summed E-state index contributed by atoms with van der Waals surface area (Å²) in [6.45, 7) is 0.497. The molecule has 2 aromatic rings. The molecule has 1 aliphatic heterocycles. The third-order valence-electron chi connectivity index (χ3n) is 4.22. The van der Waals surface area contributed by atoms with Gasteiger partial charge >= 0.3 is 0 Å². The van der Waals surface area contributed by atoms with Crippen molar-refractivity contribution in [2.24, 2.45) is 0 Å². The van der Waals surface area contributed by atoms with Crippen LogP contribution in [0.5, 0.6) is 0 Å². The highest BCUT2D eigenvalue weighted by molar-refractivity contribution is 7.89. The van der Waals surface area contributed by atoms with Gasteiger partial charge in [0.05, 0.1) is 36.5 Å². The molecule has 1 aliphatic rings. The van der Waals surface area contributed by atoms with Gasteiger partial charge in [0.25, 0.3) is 0 Å². The first-order chi connectivity index (χ1) is 12.5. The van der Waals surface area contributed by atoms with Crippen LogP contribution in [0.15, 0.2) is 48.5 Å². The van der Waals surface area contributed by atoms with E-state index in [2.05, 4.69) is 4.72 Å². The number of nitriles is 1. The molecular formula is C19H18N2O4S. The van der Waals surface area contributed by atoms with Gasteiger partial charge in [-0.3, -0.25) is 9.52 Å². The quantitative estimate of drug-likeness (QED) is 0.870. The van der Waals surface area contributed by atoms with Crippen LogP contribution in [-0.4, -0.2) is 20.9 Å². The topological polar surface area (TPSA) is 96.3 Å². The second-order valence-corrected chi connectivity index (χ2v) is 7.79. The molecule has 0 fully saturated rings. The molecule has 0 aromatic heterocycles. The van der Waals surface area contributed by atoms with E-state index < -0.39 is 27.8 Å². The Morgan fingerprint density at radius 3 is 2.73 bits per heavy atom. The molecule has 1 N–H and O–H groups in total. The SMILES string of the molecule is N#Cc1ccccc1CS(=O)(=O)NC(=O)C[C@H]1OCCc2ccccc21. The number of fused-ring (bicyclic) bond motifs is 1. The fraction of sp³-hybridized carbons (Fsp3) is 0.263. The molecule has 1 amide bonds. The molecule has 0 aliphatic carbocycles. The fourth-order valence-corrected chi connectivity index (χ4v) is 4.19. The Labute approximate surface area is 152 Å². The van der Waals surface area contributed by atoms with Gasteiger partial charge in [-0.1, -0.05) is 42.5 Å². The first-order valence-electron chi connectivity index (χ1n) is 8.19. The average molecular weight is 370 g/mol. The zero-order chi connectivity index (χ0) is 18.6. The molecule has 0 unspecified atom stereocenters. The number of sulfonamides is 1. The van der Waals surface area contributed by atoms with Crippen LogP contribution in [-0.2, 0) is 31.7 Å². The molecule has 134 valence electrons. The number of nitrogens with zero attached hydrogens (tertiary/aromatic N) is 1. The Bertz CT molecular complexity index is 963. The van der Waals surface area contributed by atoms with E-state index in [1.54, 1.807) is 24.3 Å². The monoisotopic (exact) mass is 370 g/mol. The van der Waals surface area contributed by atoms with E-state index >= 15 is 0 Å². The van der Waals surface area contributed by atoms with Crippen molar-refractivity contribution in [3.63, 3.8) is 0 Å². The van der Waals surface area contributed by atoms with Gasteiger partial charge in [0.2, 0.25) is 15.9 Å². The number of carbonyl (C=O) groups is 1. The van der Waals surface area contributed by atoms with E-state index in [1.165, 1.54) is 0 Å². The third-order valence-corrected chi connectivity index (χ3v) is 5.45. The summed E-state index contributed by atoms with van der Waals surface area (Å²) in [5.74, 6) is -1.05.